The number of hydrogen-bond acceptors (Lipinski definition) is 6. The molecular formula is C24H25N5O5S. The number of carbonyl (C=O) groups excluding carboxylic acids is 3. The van der Waals surface area contributed by atoms with Crippen molar-refractivity contribution in [2.45, 2.75) is 18.2 Å². The smallest absolute Gasteiger partial charge is 0.325 e. The summed E-state index contributed by atoms with van der Waals surface area (Å²) in [5, 5.41) is 11.6. The highest BCUT2D eigenvalue weighted by atomic mass is 32.2. The van der Waals surface area contributed by atoms with Gasteiger partial charge in [-0.3, -0.25) is 14.5 Å². The van der Waals surface area contributed by atoms with Crippen molar-refractivity contribution in [1.82, 2.24) is 19.4 Å². The number of benzene rings is 2. The second-order valence-corrected chi connectivity index (χ2v) is 10.6. The van der Waals surface area contributed by atoms with Gasteiger partial charge >= 0.3 is 6.03 Å². The fourth-order valence-electron chi connectivity index (χ4n) is 4.24. The standard InChI is InChI=1S/C24H25N5O5S/c1-24(20-9-7-18(15-25)8-10-20)22(31)29(23(32)26-24)16-21(30)27-11-13-28(14-12-27)35(33,34)17-19-5-3-2-4-6-19/h2-10H,11-14,16-17H2,1H3,(H,26,32). The molecule has 1 N–H and O–H groups in total. The molecule has 0 bridgehead atoms. The second-order valence-electron chi connectivity index (χ2n) is 8.66. The minimum atomic E-state index is -3.53. The van der Waals surface area contributed by atoms with Crippen LogP contribution >= 0.6 is 0 Å². The van der Waals surface area contributed by atoms with Gasteiger partial charge in [-0.05, 0) is 30.2 Å². The summed E-state index contributed by atoms with van der Waals surface area (Å²) in [6, 6.07) is 16.5. The van der Waals surface area contributed by atoms with Crippen LogP contribution < -0.4 is 5.32 Å². The summed E-state index contributed by atoms with van der Waals surface area (Å²) in [5.74, 6) is -1.11. The maximum absolute atomic E-state index is 13.1. The number of nitriles is 1. The lowest BCUT2D eigenvalue weighted by Crippen LogP contribution is -2.53. The summed E-state index contributed by atoms with van der Waals surface area (Å²) in [6.07, 6.45) is 0. The Balaban J connectivity index is 1.36. The monoisotopic (exact) mass is 495 g/mol. The first-order chi connectivity index (χ1) is 16.6. The predicted octanol–water partition coefficient (Wildman–Crippen LogP) is 0.999. The van der Waals surface area contributed by atoms with Gasteiger partial charge in [0.05, 0.1) is 17.4 Å². The number of nitrogens with one attached hydrogen (secondary N) is 1. The fourth-order valence-corrected chi connectivity index (χ4v) is 5.76. The van der Waals surface area contributed by atoms with Crippen molar-refractivity contribution in [2.24, 2.45) is 0 Å². The predicted molar refractivity (Wildman–Crippen MR) is 126 cm³/mol. The third kappa shape index (κ3) is 4.89. The highest BCUT2D eigenvalue weighted by Gasteiger charge is 2.49. The molecule has 182 valence electrons. The first-order valence-electron chi connectivity index (χ1n) is 11.1. The largest absolute Gasteiger partial charge is 0.338 e. The summed E-state index contributed by atoms with van der Waals surface area (Å²) in [7, 11) is -3.53. The molecule has 1 unspecified atom stereocenters. The van der Waals surface area contributed by atoms with Crippen LogP contribution in [0.25, 0.3) is 0 Å². The van der Waals surface area contributed by atoms with Gasteiger partial charge in [-0.2, -0.15) is 9.57 Å². The molecule has 2 aromatic carbocycles. The maximum atomic E-state index is 13.1. The zero-order valence-electron chi connectivity index (χ0n) is 19.2. The van der Waals surface area contributed by atoms with Crippen molar-refractivity contribution in [3.8, 4) is 6.07 Å². The van der Waals surface area contributed by atoms with Crippen LogP contribution in [0.2, 0.25) is 0 Å². The van der Waals surface area contributed by atoms with Crippen LogP contribution in [0, 0.1) is 11.3 Å². The molecule has 4 rings (SSSR count). The van der Waals surface area contributed by atoms with Gasteiger partial charge < -0.3 is 10.2 Å². The van der Waals surface area contributed by atoms with Crippen LogP contribution in [0.4, 0.5) is 4.79 Å². The van der Waals surface area contributed by atoms with E-state index >= 15 is 0 Å². The first-order valence-corrected chi connectivity index (χ1v) is 12.7. The molecule has 35 heavy (non-hydrogen) atoms. The Kier molecular flexibility index (Phi) is 6.60. The SMILES string of the molecule is CC1(c2ccc(C#N)cc2)NC(=O)N(CC(=O)N2CCN(S(=O)(=O)Cc3ccccc3)CC2)C1=O. The molecule has 4 amide bonds. The molecule has 2 aliphatic rings. The van der Waals surface area contributed by atoms with E-state index in [1.165, 1.54) is 9.21 Å². The topological polar surface area (TPSA) is 131 Å². The third-order valence-corrected chi connectivity index (χ3v) is 8.19. The Morgan fingerprint density at radius 1 is 1.03 bits per heavy atom. The number of sulfonamides is 1. The van der Waals surface area contributed by atoms with Crippen molar-refractivity contribution in [1.29, 1.82) is 5.26 Å². The van der Waals surface area contributed by atoms with Gasteiger partial charge in [-0.1, -0.05) is 42.5 Å². The van der Waals surface area contributed by atoms with E-state index in [4.69, 9.17) is 5.26 Å². The van der Waals surface area contributed by atoms with Crippen LogP contribution in [0.15, 0.2) is 54.6 Å². The summed E-state index contributed by atoms with van der Waals surface area (Å²) < 4.78 is 26.8. The van der Waals surface area contributed by atoms with Gasteiger partial charge in [0.25, 0.3) is 5.91 Å². The van der Waals surface area contributed by atoms with Crippen molar-refractivity contribution >= 4 is 27.9 Å². The minimum absolute atomic E-state index is 0.113. The average Bonchev–Trinajstić information content (AvgIpc) is 3.08. The first kappa shape index (κ1) is 24.4. The molecule has 1 atom stereocenters. The molecule has 0 aromatic heterocycles. The van der Waals surface area contributed by atoms with Crippen LogP contribution in [-0.4, -0.2) is 73.1 Å². The average molecular weight is 496 g/mol. The highest BCUT2D eigenvalue weighted by molar-refractivity contribution is 7.88. The van der Waals surface area contributed by atoms with Crippen LogP contribution in [0.3, 0.4) is 0 Å². The normalized spacial score (nSPS) is 21.0. The molecule has 2 aliphatic heterocycles. The van der Waals surface area contributed by atoms with Crippen molar-refractivity contribution in [3.63, 3.8) is 0 Å². The molecule has 0 saturated carbocycles. The molecule has 0 aliphatic carbocycles. The van der Waals surface area contributed by atoms with Gasteiger partial charge in [-0.25, -0.2) is 13.2 Å². The Morgan fingerprint density at radius 2 is 1.66 bits per heavy atom. The van der Waals surface area contributed by atoms with E-state index in [1.54, 1.807) is 55.5 Å². The van der Waals surface area contributed by atoms with E-state index in [9.17, 15) is 22.8 Å². The number of carbonyl (C=O) groups is 3. The molecule has 2 aromatic rings. The maximum Gasteiger partial charge on any atom is 0.325 e. The van der Waals surface area contributed by atoms with E-state index < -0.39 is 40.0 Å². The lowest BCUT2D eigenvalue weighted by Gasteiger charge is -2.34. The quantitative estimate of drug-likeness (QED) is 0.595. The second kappa shape index (κ2) is 9.48. The van der Waals surface area contributed by atoms with Crippen molar-refractivity contribution < 1.29 is 22.8 Å². The molecule has 11 heteroatoms. The third-order valence-electron chi connectivity index (χ3n) is 6.34. The highest BCUT2D eigenvalue weighted by Crippen LogP contribution is 2.29. The zero-order chi connectivity index (χ0) is 25.2. The molecule has 0 radical (unpaired) electrons. The number of piperazine rings is 1. The lowest BCUT2D eigenvalue weighted by molar-refractivity contribution is -0.139. The molecular weight excluding hydrogens is 470 g/mol. The van der Waals surface area contributed by atoms with Gasteiger partial charge in [-0.15, -0.1) is 0 Å². The molecule has 2 saturated heterocycles. The summed E-state index contributed by atoms with van der Waals surface area (Å²) in [6.45, 7) is 1.74. The van der Waals surface area contributed by atoms with Crippen LogP contribution in [0.1, 0.15) is 23.6 Å². The van der Waals surface area contributed by atoms with E-state index in [2.05, 4.69) is 5.32 Å². The van der Waals surface area contributed by atoms with Gasteiger partial charge in [0.15, 0.2) is 0 Å². The Bertz CT molecular complexity index is 1280. The number of nitrogens with zero attached hydrogens (tertiary/aromatic N) is 4. The molecule has 10 nitrogen and oxygen atoms in total. The Labute approximate surface area is 203 Å². The number of amides is 4. The lowest BCUT2D eigenvalue weighted by atomic mass is 9.91. The van der Waals surface area contributed by atoms with Gasteiger partial charge in [0.1, 0.15) is 12.1 Å². The van der Waals surface area contributed by atoms with E-state index in [-0.39, 0.29) is 31.9 Å². The summed E-state index contributed by atoms with van der Waals surface area (Å²) >= 11 is 0. The van der Waals surface area contributed by atoms with E-state index in [0.29, 0.717) is 16.7 Å². The number of rotatable bonds is 6. The van der Waals surface area contributed by atoms with Crippen LogP contribution in [0.5, 0.6) is 0 Å². The van der Waals surface area contributed by atoms with Crippen LogP contribution in [-0.2, 0) is 30.9 Å². The van der Waals surface area contributed by atoms with E-state index in [0.717, 1.165) is 4.90 Å². The molecule has 2 fully saturated rings. The van der Waals surface area contributed by atoms with E-state index in [1.807, 2.05) is 12.1 Å². The summed E-state index contributed by atoms with van der Waals surface area (Å²) in [4.78, 5) is 40.9. The molecule has 2 heterocycles. The van der Waals surface area contributed by atoms with Crippen molar-refractivity contribution in [3.05, 3.63) is 71.3 Å². The Morgan fingerprint density at radius 3 is 2.26 bits per heavy atom. The van der Waals surface area contributed by atoms with Crippen molar-refractivity contribution in [2.75, 3.05) is 32.7 Å². The number of urea groups is 1. The Hall–Kier alpha value is -3.75. The fraction of sp³-hybridized carbons (Fsp3) is 0.333. The number of imide groups is 1. The zero-order valence-corrected chi connectivity index (χ0v) is 20.0. The number of hydrogen-bond donors (Lipinski definition) is 1. The van der Waals surface area contributed by atoms with Gasteiger partial charge in [0, 0.05) is 26.2 Å². The van der Waals surface area contributed by atoms with Gasteiger partial charge in [0.2, 0.25) is 15.9 Å². The summed E-state index contributed by atoms with van der Waals surface area (Å²) in [5.41, 5.74) is 0.262. The molecule has 0 spiro atoms. The minimum Gasteiger partial charge on any atom is -0.338 e.